The molecule has 2 N–H and O–H groups in total. The number of ether oxygens (including phenoxy) is 1. The second-order valence-electron chi connectivity index (χ2n) is 7.25. The number of carbonyl (C=O) groups excluding carboxylic acids is 1. The quantitative estimate of drug-likeness (QED) is 0.852. The van der Waals surface area contributed by atoms with Crippen LogP contribution in [-0.4, -0.2) is 50.2 Å². The van der Waals surface area contributed by atoms with Crippen LogP contribution in [0.5, 0.6) is 0 Å². The Morgan fingerprint density at radius 2 is 2.00 bits per heavy atom. The minimum Gasteiger partial charge on any atom is -0.379 e. The van der Waals surface area contributed by atoms with Crippen LogP contribution < -0.4 is 10.6 Å². The number of carbonyl (C=O) groups is 1. The first-order valence-corrected chi connectivity index (χ1v) is 9.78. The lowest BCUT2D eigenvalue weighted by Gasteiger charge is -2.27. The molecule has 1 unspecified atom stereocenters. The average Bonchev–Trinajstić information content (AvgIpc) is 2.73. The van der Waals surface area contributed by atoms with Gasteiger partial charge >= 0.3 is 0 Å². The summed E-state index contributed by atoms with van der Waals surface area (Å²) in [6.07, 6.45) is 1.05. The number of nitrogens with zero attached hydrogens (tertiary/aromatic N) is 1. The summed E-state index contributed by atoms with van der Waals surface area (Å²) in [6.45, 7) is 5.89. The van der Waals surface area contributed by atoms with Crippen molar-refractivity contribution in [2.24, 2.45) is 0 Å². The van der Waals surface area contributed by atoms with E-state index in [0.29, 0.717) is 6.54 Å². The Morgan fingerprint density at radius 1 is 1.15 bits per heavy atom. The molecule has 5 nitrogen and oxygen atoms in total. The highest BCUT2D eigenvalue weighted by atomic mass is 16.5. The summed E-state index contributed by atoms with van der Waals surface area (Å²) in [5.74, 6) is -0.0105. The molecule has 2 aliphatic rings. The molecule has 0 radical (unpaired) electrons. The molecule has 2 aromatic rings. The monoisotopic (exact) mass is 365 g/mol. The normalized spacial score (nSPS) is 20.1. The zero-order chi connectivity index (χ0) is 18.5. The largest absolute Gasteiger partial charge is 0.379 e. The van der Waals surface area contributed by atoms with Crippen molar-refractivity contribution in [1.82, 2.24) is 15.5 Å². The van der Waals surface area contributed by atoms with Crippen LogP contribution in [0.3, 0.4) is 0 Å². The van der Waals surface area contributed by atoms with Crippen LogP contribution in [0.15, 0.2) is 48.5 Å². The van der Waals surface area contributed by atoms with E-state index in [2.05, 4.69) is 45.9 Å². The van der Waals surface area contributed by atoms with Gasteiger partial charge in [0, 0.05) is 37.8 Å². The van der Waals surface area contributed by atoms with Gasteiger partial charge in [-0.2, -0.15) is 0 Å². The Morgan fingerprint density at radius 3 is 2.89 bits per heavy atom. The van der Waals surface area contributed by atoms with Crippen LogP contribution in [0, 0.1) is 0 Å². The molecule has 0 aliphatic carbocycles. The van der Waals surface area contributed by atoms with Crippen molar-refractivity contribution in [2.75, 3.05) is 39.4 Å². The van der Waals surface area contributed by atoms with Gasteiger partial charge in [-0.15, -0.1) is 0 Å². The first-order chi connectivity index (χ1) is 13.3. The lowest BCUT2D eigenvalue weighted by molar-refractivity contribution is 0.0342. The molecule has 4 rings (SSSR count). The molecule has 0 saturated carbocycles. The number of hydrogen-bond donors (Lipinski definition) is 2. The first-order valence-electron chi connectivity index (χ1n) is 9.78. The number of morpholine rings is 1. The molecule has 5 heteroatoms. The highest BCUT2D eigenvalue weighted by Gasteiger charge is 2.20. The lowest BCUT2D eigenvalue weighted by atomic mass is 9.94. The van der Waals surface area contributed by atoms with E-state index in [1.165, 1.54) is 16.7 Å². The number of fused-ring (bicyclic) bond motifs is 1. The maximum atomic E-state index is 12.7. The van der Waals surface area contributed by atoms with E-state index in [1.807, 2.05) is 18.2 Å². The SMILES string of the molecule is O=C(NCC1NCCc2ccccc21)c1cccc(CN2CCOCC2)c1. The van der Waals surface area contributed by atoms with E-state index in [1.54, 1.807) is 0 Å². The summed E-state index contributed by atoms with van der Waals surface area (Å²) < 4.78 is 5.40. The van der Waals surface area contributed by atoms with Crippen molar-refractivity contribution >= 4 is 5.91 Å². The van der Waals surface area contributed by atoms with Crippen molar-refractivity contribution in [3.8, 4) is 0 Å². The molecular formula is C22H27N3O2. The van der Waals surface area contributed by atoms with E-state index in [0.717, 1.165) is 51.4 Å². The number of benzene rings is 2. The Kier molecular flexibility index (Phi) is 5.82. The minimum atomic E-state index is -0.0105. The summed E-state index contributed by atoms with van der Waals surface area (Å²) in [5, 5.41) is 6.62. The van der Waals surface area contributed by atoms with Crippen molar-refractivity contribution < 1.29 is 9.53 Å². The lowest BCUT2D eigenvalue weighted by Crippen LogP contribution is -2.39. The molecule has 142 valence electrons. The molecule has 1 fully saturated rings. The third kappa shape index (κ3) is 4.56. The third-order valence-corrected chi connectivity index (χ3v) is 5.38. The number of nitrogens with one attached hydrogen (secondary N) is 2. The summed E-state index contributed by atoms with van der Waals surface area (Å²) in [6, 6.07) is 16.6. The second kappa shape index (κ2) is 8.65. The average molecular weight is 365 g/mol. The summed E-state index contributed by atoms with van der Waals surface area (Å²) in [7, 11) is 0. The zero-order valence-corrected chi connectivity index (χ0v) is 15.6. The van der Waals surface area contributed by atoms with Gasteiger partial charge in [-0.3, -0.25) is 9.69 Å². The van der Waals surface area contributed by atoms with Gasteiger partial charge in [0.05, 0.1) is 13.2 Å². The molecule has 0 bridgehead atoms. The van der Waals surface area contributed by atoms with Crippen molar-refractivity contribution in [2.45, 2.75) is 19.0 Å². The topological polar surface area (TPSA) is 53.6 Å². The standard InChI is InChI=1S/C22H27N3O2/c26-22(24-15-21-20-7-2-1-5-18(20)8-9-23-21)19-6-3-4-17(14-19)16-25-10-12-27-13-11-25/h1-7,14,21,23H,8-13,15-16H2,(H,24,26). The van der Waals surface area contributed by atoms with Crippen LogP contribution >= 0.6 is 0 Å². The van der Waals surface area contributed by atoms with Crippen LogP contribution in [0.1, 0.15) is 33.1 Å². The fraction of sp³-hybridized carbons (Fsp3) is 0.409. The van der Waals surface area contributed by atoms with E-state index >= 15 is 0 Å². The van der Waals surface area contributed by atoms with Crippen LogP contribution in [0.4, 0.5) is 0 Å². The second-order valence-corrected chi connectivity index (χ2v) is 7.25. The van der Waals surface area contributed by atoms with Crippen molar-refractivity contribution in [1.29, 1.82) is 0 Å². The predicted octanol–water partition coefficient (Wildman–Crippen LogP) is 2.14. The molecule has 2 aliphatic heterocycles. The molecular weight excluding hydrogens is 338 g/mol. The third-order valence-electron chi connectivity index (χ3n) is 5.38. The number of amides is 1. The van der Waals surface area contributed by atoms with E-state index < -0.39 is 0 Å². The van der Waals surface area contributed by atoms with Crippen LogP contribution in [0.25, 0.3) is 0 Å². The number of hydrogen-bond acceptors (Lipinski definition) is 4. The van der Waals surface area contributed by atoms with Crippen LogP contribution in [-0.2, 0) is 17.7 Å². The Bertz CT molecular complexity index is 787. The Balaban J connectivity index is 1.37. The zero-order valence-electron chi connectivity index (χ0n) is 15.6. The van der Waals surface area contributed by atoms with Gasteiger partial charge in [0.1, 0.15) is 0 Å². The van der Waals surface area contributed by atoms with Gasteiger partial charge in [0.25, 0.3) is 5.91 Å². The van der Waals surface area contributed by atoms with Gasteiger partial charge in [-0.1, -0.05) is 36.4 Å². The maximum Gasteiger partial charge on any atom is 0.251 e. The van der Waals surface area contributed by atoms with Gasteiger partial charge in [0.2, 0.25) is 0 Å². The molecule has 1 saturated heterocycles. The number of rotatable bonds is 5. The Hall–Kier alpha value is -2.21. The Labute approximate surface area is 160 Å². The molecule has 2 aromatic carbocycles. The first kappa shape index (κ1) is 18.2. The maximum absolute atomic E-state index is 12.7. The van der Waals surface area contributed by atoms with Gasteiger partial charge < -0.3 is 15.4 Å². The molecule has 2 heterocycles. The molecule has 1 atom stereocenters. The molecule has 0 aromatic heterocycles. The van der Waals surface area contributed by atoms with E-state index in [4.69, 9.17) is 4.74 Å². The fourth-order valence-corrected chi connectivity index (χ4v) is 3.90. The van der Waals surface area contributed by atoms with Crippen molar-refractivity contribution in [3.05, 3.63) is 70.8 Å². The van der Waals surface area contributed by atoms with E-state index in [9.17, 15) is 4.79 Å². The van der Waals surface area contributed by atoms with Crippen LogP contribution in [0.2, 0.25) is 0 Å². The highest BCUT2D eigenvalue weighted by Crippen LogP contribution is 2.22. The minimum absolute atomic E-state index is 0.0105. The van der Waals surface area contributed by atoms with Crippen molar-refractivity contribution in [3.63, 3.8) is 0 Å². The fourth-order valence-electron chi connectivity index (χ4n) is 3.90. The smallest absolute Gasteiger partial charge is 0.251 e. The molecule has 27 heavy (non-hydrogen) atoms. The van der Waals surface area contributed by atoms with Gasteiger partial charge in [0.15, 0.2) is 0 Å². The van der Waals surface area contributed by atoms with Gasteiger partial charge in [-0.25, -0.2) is 0 Å². The van der Waals surface area contributed by atoms with Gasteiger partial charge in [-0.05, 0) is 41.8 Å². The molecule has 0 spiro atoms. The summed E-state index contributed by atoms with van der Waals surface area (Å²) >= 11 is 0. The highest BCUT2D eigenvalue weighted by molar-refractivity contribution is 5.94. The van der Waals surface area contributed by atoms with E-state index in [-0.39, 0.29) is 11.9 Å². The summed E-state index contributed by atoms with van der Waals surface area (Å²) in [5.41, 5.74) is 4.57. The summed E-state index contributed by atoms with van der Waals surface area (Å²) in [4.78, 5) is 15.0. The molecule has 1 amide bonds. The predicted molar refractivity (Wildman–Crippen MR) is 106 cm³/mol.